The van der Waals surface area contributed by atoms with Crippen LogP contribution < -0.4 is 10.1 Å². The van der Waals surface area contributed by atoms with E-state index < -0.39 is 4.92 Å². The molecule has 2 aromatic carbocycles. The summed E-state index contributed by atoms with van der Waals surface area (Å²) in [6, 6.07) is 17.3. The molecule has 0 unspecified atom stereocenters. The smallest absolute Gasteiger partial charge is 0.311 e. The zero-order valence-electron chi connectivity index (χ0n) is 16.9. The Kier molecular flexibility index (Phi) is 5.79. The summed E-state index contributed by atoms with van der Waals surface area (Å²) in [6.07, 6.45) is 1.25. The lowest BCUT2D eigenvalue weighted by molar-refractivity contribution is -0.384. The zero-order valence-corrected chi connectivity index (χ0v) is 16.9. The molecule has 0 atom stereocenters. The van der Waals surface area contributed by atoms with Crippen LogP contribution in [-0.2, 0) is 12.8 Å². The molecule has 8 heteroatoms. The van der Waals surface area contributed by atoms with Crippen LogP contribution in [0.3, 0.4) is 0 Å². The third-order valence-electron chi connectivity index (χ3n) is 5.12. The van der Waals surface area contributed by atoms with Gasteiger partial charge in [0.15, 0.2) is 0 Å². The summed E-state index contributed by atoms with van der Waals surface area (Å²) < 4.78 is 18.4. The van der Waals surface area contributed by atoms with Crippen LogP contribution in [0.1, 0.15) is 16.8 Å². The van der Waals surface area contributed by atoms with Gasteiger partial charge >= 0.3 is 5.69 Å². The molecule has 2 aromatic heterocycles. The van der Waals surface area contributed by atoms with Gasteiger partial charge in [0.1, 0.15) is 5.82 Å². The van der Waals surface area contributed by atoms with Crippen LogP contribution in [0.5, 0.6) is 5.88 Å². The van der Waals surface area contributed by atoms with Crippen LogP contribution >= 0.6 is 0 Å². The molecule has 0 amide bonds. The third-order valence-corrected chi connectivity index (χ3v) is 5.12. The fourth-order valence-electron chi connectivity index (χ4n) is 3.63. The van der Waals surface area contributed by atoms with Crippen molar-refractivity contribution in [2.75, 3.05) is 19.0 Å². The summed E-state index contributed by atoms with van der Waals surface area (Å²) in [4.78, 5) is 18.5. The quantitative estimate of drug-likeness (QED) is 0.314. The van der Waals surface area contributed by atoms with Crippen molar-refractivity contribution in [1.29, 1.82) is 0 Å². The van der Waals surface area contributed by atoms with Crippen LogP contribution in [0.4, 0.5) is 15.9 Å². The number of hydrogen-bond acceptors (Lipinski definition) is 5. The van der Waals surface area contributed by atoms with Crippen LogP contribution in [0.25, 0.3) is 10.9 Å². The molecule has 0 aliphatic rings. The molecule has 0 aliphatic heterocycles. The molecule has 0 saturated carbocycles. The number of hydrogen-bond donors (Lipinski definition) is 2. The van der Waals surface area contributed by atoms with E-state index in [0.29, 0.717) is 25.3 Å². The number of ether oxygens (including phenoxy) is 1. The molecule has 158 valence electrons. The Labute approximate surface area is 178 Å². The molecule has 0 fully saturated rings. The lowest BCUT2D eigenvalue weighted by Crippen LogP contribution is -2.10. The number of nitrogens with zero attached hydrogens (tertiary/aromatic N) is 2. The SMILES string of the molecule is COc1ccc([N+](=O)[O-])c(NCCc2c(Cc3ccc(F)cc3)[nH]c3ccccc23)n1. The molecule has 0 radical (unpaired) electrons. The van der Waals surface area contributed by atoms with E-state index in [9.17, 15) is 14.5 Å². The van der Waals surface area contributed by atoms with Gasteiger partial charge < -0.3 is 15.0 Å². The molecule has 0 aliphatic carbocycles. The van der Waals surface area contributed by atoms with E-state index in [0.717, 1.165) is 27.7 Å². The number of anilines is 1. The molecule has 31 heavy (non-hydrogen) atoms. The van der Waals surface area contributed by atoms with Crippen LogP contribution in [0.2, 0.25) is 0 Å². The van der Waals surface area contributed by atoms with Crippen molar-refractivity contribution in [1.82, 2.24) is 9.97 Å². The number of aromatic amines is 1. The number of methoxy groups -OCH3 is 1. The first-order valence-electron chi connectivity index (χ1n) is 9.81. The van der Waals surface area contributed by atoms with Crippen molar-refractivity contribution in [2.24, 2.45) is 0 Å². The first kappa shape index (κ1) is 20.3. The lowest BCUT2D eigenvalue weighted by atomic mass is 10.0. The lowest BCUT2D eigenvalue weighted by Gasteiger charge is -2.09. The highest BCUT2D eigenvalue weighted by molar-refractivity contribution is 5.84. The second kappa shape index (κ2) is 8.83. The van der Waals surface area contributed by atoms with Crippen LogP contribution in [0.15, 0.2) is 60.7 Å². The van der Waals surface area contributed by atoms with E-state index in [4.69, 9.17) is 4.74 Å². The molecule has 7 nitrogen and oxygen atoms in total. The minimum atomic E-state index is -0.472. The molecule has 2 N–H and O–H groups in total. The monoisotopic (exact) mass is 420 g/mol. The third kappa shape index (κ3) is 4.48. The van der Waals surface area contributed by atoms with Gasteiger partial charge in [-0.2, -0.15) is 4.98 Å². The highest BCUT2D eigenvalue weighted by atomic mass is 19.1. The Morgan fingerprint density at radius 3 is 2.65 bits per heavy atom. The van der Waals surface area contributed by atoms with Gasteiger partial charge in [-0.15, -0.1) is 0 Å². The van der Waals surface area contributed by atoms with Crippen molar-refractivity contribution in [3.63, 3.8) is 0 Å². The molecular formula is C23H21FN4O3. The van der Waals surface area contributed by atoms with Gasteiger partial charge in [-0.3, -0.25) is 10.1 Å². The maximum absolute atomic E-state index is 13.3. The van der Waals surface area contributed by atoms with Crippen molar-refractivity contribution in [2.45, 2.75) is 12.8 Å². The van der Waals surface area contributed by atoms with Gasteiger partial charge in [0, 0.05) is 41.7 Å². The predicted molar refractivity (Wildman–Crippen MR) is 117 cm³/mol. The number of rotatable bonds is 8. The van der Waals surface area contributed by atoms with Gasteiger partial charge in [0.25, 0.3) is 0 Å². The largest absolute Gasteiger partial charge is 0.481 e. The Hall–Kier alpha value is -3.94. The number of aromatic nitrogens is 2. The van der Waals surface area contributed by atoms with E-state index in [1.54, 1.807) is 12.1 Å². The Bertz CT molecular complexity index is 1220. The summed E-state index contributed by atoms with van der Waals surface area (Å²) in [7, 11) is 1.46. The van der Waals surface area contributed by atoms with Crippen molar-refractivity contribution >= 4 is 22.4 Å². The maximum atomic E-state index is 13.3. The number of fused-ring (bicyclic) bond motifs is 1. The molecule has 4 aromatic rings. The summed E-state index contributed by atoms with van der Waals surface area (Å²) in [5.41, 5.74) is 4.04. The maximum Gasteiger partial charge on any atom is 0.311 e. The first-order chi connectivity index (χ1) is 15.0. The average Bonchev–Trinajstić information content (AvgIpc) is 3.12. The molecule has 0 bridgehead atoms. The van der Waals surface area contributed by atoms with Crippen LogP contribution in [0, 0.1) is 15.9 Å². The molecule has 0 saturated heterocycles. The Balaban J connectivity index is 1.58. The fraction of sp³-hybridized carbons (Fsp3) is 0.174. The number of halogens is 1. The van der Waals surface area contributed by atoms with E-state index >= 15 is 0 Å². The van der Waals surface area contributed by atoms with Gasteiger partial charge in [-0.1, -0.05) is 30.3 Å². The number of benzene rings is 2. The Morgan fingerprint density at radius 1 is 1.13 bits per heavy atom. The number of nitro groups is 1. The number of para-hydroxylation sites is 1. The second-order valence-corrected chi connectivity index (χ2v) is 7.09. The van der Waals surface area contributed by atoms with Gasteiger partial charge in [-0.05, 0) is 35.7 Å². The van der Waals surface area contributed by atoms with Gasteiger partial charge in [0.05, 0.1) is 12.0 Å². The van der Waals surface area contributed by atoms with E-state index in [1.165, 1.54) is 31.4 Å². The first-order valence-corrected chi connectivity index (χ1v) is 9.81. The fourth-order valence-corrected chi connectivity index (χ4v) is 3.63. The highest BCUT2D eigenvalue weighted by Crippen LogP contribution is 2.27. The van der Waals surface area contributed by atoms with E-state index in [-0.39, 0.29) is 17.3 Å². The summed E-state index contributed by atoms with van der Waals surface area (Å²) in [6.45, 7) is 0.444. The second-order valence-electron chi connectivity index (χ2n) is 7.09. The molecule has 0 spiro atoms. The summed E-state index contributed by atoms with van der Waals surface area (Å²) in [5.74, 6) is 0.207. The van der Waals surface area contributed by atoms with E-state index in [1.807, 2.05) is 24.3 Å². The van der Waals surface area contributed by atoms with Gasteiger partial charge in [0.2, 0.25) is 11.7 Å². The molecule has 2 heterocycles. The number of pyridine rings is 1. The zero-order chi connectivity index (χ0) is 21.8. The highest BCUT2D eigenvalue weighted by Gasteiger charge is 2.17. The number of nitrogens with one attached hydrogen (secondary N) is 2. The minimum absolute atomic E-state index is 0.105. The average molecular weight is 420 g/mol. The van der Waals surface area contributed by atoms with Crippen molar-refractivity contribution in [3.05, 3.63) is 93.4 Å². The van der Waals surface area contributed by atoms with Crippen LogP contribution in [-0.4, -0.2) is 28.5 Å². The molecule has 4 rings (SSSR count). The van der Waals surface area contributed by atoms with Gasteiger partial charge in [-0.25, -0.2) is 4.39 Å². The normalized spacial score (nSPS) is 10.9. The van der Waals surface area contributed by atoms with E-state index in [2.05, 4.69) is 15.3 Å². The summed E-state index contributed by atoms with van der Waals surface area (Å²) in [5, 5.41) is 15.5. The minimum Gasteiger partial charge on any atom is -0.481 e. The van der Waals surface area contributed by atoms with Crippen molar-refractivity contribution < 1.29 is 14.1 Å². The summed E-state index contributed by atoms with van der Waals surface area (Å²) >= 11 is 0. The standard InChI is InChI=1S/C23H21FN4O3/c1-31-22-11-10-21(28(29)30)23(27-22)25-13-12-18-17-4-2-3-5-19(17)26-20(18)14-15-6-8-16(24)9-7-15/h2-11,26H,12-14H2,1H3,(H,25,27). The number of H-pyrrole nitrogens is 1. The molecular weight excluding hydrogens is 399 g/mol. The topological polar surface area (TPSA) is 93.1 Å². The predicted octanol–water partition coefficient (Wildman–Crippen LogP) is 4.86. The Morgan fingerprint density at radius 2 is 1.90 bits per heavy atom. The van der Waals surface area contributed by atoms with Crippen molar-refractivity contribution in [3.8, 4) is 5.88 Å².